The zero-order valence-corrected chi connectivity index (χ0v) is 9.57. The Hall–Kier alpha value is -1.55. The van der Waals surface area contributed by atoms with Crippen LogP contribution in [0.1, 0.15) is 26.2 Å². The lowest BCUT2D eigenvalue weighted by Gasteiger charge is -2.17. The van der Waals surface area contributed by atoms with E-state index in [1.165, 1.54) is 0 Å². The molecule has 1 rings (SSSR count). The number of nitrogens with one attached hydrogen (secondary N) is 2. The van der Waals surface area contributed by atoms with Crippen LogP contribution in [-0.2, 0) is 4.79 Å². The molecule has 1 amide bonds. The number of carbonyl (C=O) groups is 1. The van der Waals surface area contributed by atoms with Crippen LogP contribution in [0.2, 0.25) is 0 Å². The number of hydrogen-bond acceptors (Lipinski definition) is 3. The van der Waals surface area contributed by atoms with E-state index in [4.69, 9.17) is 5.84 Å². The Kier molecular flexibility index (Phi) is 5.36. The SMILES string of the molecule is CCCCC(Nc1ccccc1)C(=O)NN. The van der Waals surface area contributed by atoms with Gasteiger partial charge in [-0.3, -0.25) is 10.2 Å². The lowest BCUT2D eigenvalue weighted by molar-refractivity contribution is -0.122. The lowest BCUT2D eigenvalue weighted by atomic mass is 10.1. The minimum absolute atomic E-state index is 0.169. The maximum atomic E-state index is 11.5. The van der Waals surface area contributed by atoms with Crippen LogP contribution in [-0.4, -0.2) is 11.9 Å². The molecule has 16 heavy (non-hydrogen) atoms. The van der Waals surface area contributed by atoms with Gasteiger partial charge in [0.1, 0.15) is 6.04 Å². The van der Waals surface area contributed by atoms with Gasteiger partial charge in [0, 0.05) is 5.69 Å². The van der Waals surface area contributed by atoms with E-state index in [1.807, 2.05) is 30.3 Å². The Bertz CT molecular complexity index is 313. The van der Waals surface area contributed by atoms with E-state index in [1.54, 1.807) is 0 Å². The van der Waals surface area contributed by atoms with Crippen LogP contribution in [0.25, 0.3) is 0 Å². The molecule has 4 heteroatoms. The third kappa shape index (κ3) is 3.90. The predicted octanol–water partition coefficient (Wildman–Crippen LogP) is 1.65. The van der Waals surface area contributed by atoms with Gasteiger partial charge >= 0.3 is 0 Å². The van der Waals surface area contributed by atoms with E-state index in [-0.39, 0.29) is 11.9 Å². The minimum atomic E-state index is -0.257. The van der Waals surface area contributed by atoms with Crippen molar-refractivity contribution >= 4 is 11.6 Å². The van der Waals surface area contributed by atoms with Crippen LogP contribution in [0.3, 0.4) is 0 Å². The Morgan fingerprint density at radius 3 is 2.62 bits per heavy atom. The molecule has 0 aliphatic heterocycles. The maximum Gasteiger partial charge on any atom is 0.256 e. The number of benzene rings is 1. The van der Waals surface area contributed by atoms with Gasteiger partial charge in [-0.25, -0.2) is 5.84 Å². The molecule has 0 saturated carbocycles. The molecule has 1 aromatic rings. The minimum Gasteiger partial charge on any atom is -0.374 e. The fourth-order valence-corrected chi connectivity index (χ4v) is 1.51. The summed E-state index contributed by atoms with van der Waals surface area (Å²) in [6.45, 7) is 2.10. The Labute approximate surface area is 96.2 Å². The number of anilines is 1. The highest BCUT2D eigenvalue weighted by Gasteiger charge is 2.15. The van der Waals surface area contributed by atoms with Crippen LogP contribution in [0.4, 0.5) is 5.69 Å². The van der Waals surface area contributed by atoms with Crippen LogP contribution in [0.5, 0.6) is 0 Å². The molecule has 4 N–H and O–H groups in total. The molecule has 0 spiro atoms. The van der Waals surface area contributed by atoms with E-state index in [9.17, 15) is 4.79 Å². The Morgan fingerprint density at radius 2 is 2.06 bits per heavy atom. The van der Waals surface area contributed by atoms with Crippen LogP contribution >= 0.6 is 0 Å². The third-order valence-corrected chi connectivity index (χ3v) is 2.42. The molecule has 4 nitrogen and oxygen atoms in total. The molecule has 0 saturated heterocycles. The first-order valence-electron chi connectivity index (χ1n) is 5.60. The molecule has 0 fully saturated rings. The molecule has 0 aliphatic rings. The quantitative estimate of drug-likeness (QED) is 0.389. The molecule has 0 radical (unpaired) electrons. The first-order chi connectivity index (χ1) is 7.77. The van der Waals surface area contributed by atoms with Gasteiger partial charge in [-0.1, -0.05) is 38.0 Å². The highest BCUT2D eigenvalue weighted by molar-refractivity contribution is 5.83. The van der Waals surface area contributed by atoms with E-state index < -0.39 is 0 Å². The van der Waals surface area contributed by atoms with Crippen molar-refractivity contribution in [2.75, 3.05) is 5.32 Å². The van der Waals surface area contributed by atoms with Crippen LogP contribution in [0, 0.1) is 0 Å². The summed E-state index contributed by atoms with van der Waals surface area (Å²) in [6.07, 6.45) is 2.84. The first-order valence-corrected chi connectivity index (χ1v) is 5.60. The number of hydrogen-bond donors (Lipinski definition) is 3. The summed E-state index contributed by atoms with van der Waals surface area (Å²) in [5.74, 6) is 4.99. The maximum absolute atomic E-state index is 11.5. The number of nitrogens with two attached hydrogens (primary N) is 1. The van der Waals surface area contributed by atoms with E-state index >= 15 is 0 Å². The van der Waals surface area contributed by atoms with Crippen molar-refractivity contribution in [3.8, 4) is 0 Å². The Morgan fingerprint density at radius 1 is 1.38 bits per heavy atom. The highest BCUT2D eigenvalue weighted by atomic mass is 16.2. The topological polar surface area (TPSA) is 67.2 Å². The van der Waals surface area contributed by atoms with E-state index in [0.29, 0.717) is 0 Å². The molecule has 88 valence electrons. The van der Waals surface area contributed by atoms with Crippen LogP contribution < -0.4 is 16.6 Å². The van der Waals surface area contributed by atoms with Gasteiger partial charge in [-0.15, -0.1) is 0 Å². The second-order valence-corrected chi connectivity index (χ2v) is 3.71. The largest absolute Gasteiger partial charge is 0.374 e. The number of unbranched alkanes of at least 4 members (excludes halogenated alkanes) is 1. The van der Waals surface area contributed by atoms with Crippen molar-refractivity contribution in [3.05, 3.63) is 30.3 Å². The van der Waals surface area contributed by atoms with Crippen molar-refractivity contribution in [2.24, 2.45) is 5.84 Å². The van der Waals surface area contributed by atoms with Gasteiger partial charge in [0.15, 0.2) is 0 Å². The standard InChI is InChI=1S/C12H19N3O/c1-2-3-9-11(12(16)15-13)14-10-7-5-4-6-8-10/h4-8,11,14H,2-3,9,13H2,1H3,(H,15,16). The first kappa shape index (κ1) is 12.5. The number of carbonyl (C=O) groups excluding carboxylic acids is 1. The van der Waals surface area contributed by atoms with Crippen molar-refractivity contribution < 1.29 is 4.79 Å². The summed E-state index contributed by atoms with van der Waals surface area (Å²) in [5, 5.41) is 3.17. The van der Waals surface area contributed by atoms with E-state index in [2.05, 4.69) is 17.7 Å². The van der Waals surface area contributed by atoms with Gasteiger partial charge in [-0.05, 0) is 18.6 Å². The number of amides is 1. The molecular weight excluding hydrogens is 202 g/mol. The molecule has 0 bridgehead atoms. The van der Waals surface area contributed by atoms with E-state index in [0.717, 1.165) is 24.9 Å². The summed E-state index contributed by atoms with van der Waals surface area (Å²) in [7, 11) is 0. The van der Waals surface area contributed by atoms with Gasteiger partial charge in [0.25, 0.3) is 5.91 Å². The lowest BCUT2D eigenvalue weighted by Crippen LogP contribution is -2.43. The van der Waals surface area contributed by atoms with Gasteiger partial charge in [0.2, 0.25) is 0 Å². The van der Waals surface area contributed by atoms with Gasteiger partial charge in [-0.2, -0.15) is 0 Å². The Balaban J connectivity index is 2.59. The number of rotatable bonds is 6. The van der Waals surface area contributed by atoms with Gasteiger partial charge < -0.3 is 5.32 Å². The molecule has 0 heterocycles. The summed E-state index contributed by atoms with van der Waals surface area (Å²) < 4.78 is 0. The number of hydrazine groups is 1. The summed E-state index contributed by atoms with van der Waals surface area (Å²) in [5.41, 5.74) is 3.13. The van der Waals surface area contributed by atoms with Crippen molar-refractivity contribution in [1.29, 1.82) is 0 Å². The highest BCUT2D eigenvalue weighted by Crippen LogP contribution is 2.11. The average molecular weight is 221 g/mol. The van der Waals surface area contributed by atoms with Crippen molar-refractivity contribution in [3.63, 3.8) is 0 Å². The predicted molar refractivity (Wildman–Crippen MR) is 65.7 cm³/mol. The van der Waals surface area contributed by atoms with Gasteiger partial charge in [0.05, 0.1) is 0 Å². The normalized spacial score (nSPS) is 11.9. The fraction of sp³-hybridized carbons (Fsp3) is 0.417. The average Bonchev–Trinajstić information content (AvgIpc) is 2.34. The molecule has 0 aromatic heterocycles. The molecule has 1 atom stereocenters. The third-order valence-electron chi connectivity index (χ3n) is 2.42. The summed E-state index contributed by atoms with van der Waals surface area (Å²) in [4.78, 5) is 11.5. The zero-order valence-electron chi connectivity index (χ0n) is 9.57. The monoisotopic (exact) mass is 221 g/mol. The van der Waals surface area contributed by atoms with Crippen molar-refractivity contribution in [2.45, 2.75) is 32.2 Å². The molecular formula is C12H19N3O. The molecule has 1 aromatic carbocycles. The zero-order chi connectivity index (χ0) is 11.8. The molecule has 1 unspecified atom stereocenters. The smallest absolute Gasteiger partial charge is 0.256 e. The van der Waals surface area contributed by atoms with Crippen molar-refractivity contribution in [1.82, 2.24) is 5.43 Å². The summed E-state index contributed by atoms with van der Waals surface area (Å²) in [6, 6.07) is 9.41. The summed E-state index contributed by atoms with van der Waals surface area (Å²) >= 11 is 0. The van der Waals surface area contributed by atoms with Crippen LogP contribution in [0.15, 0.2) is 30.3 Å². The second kappa shape index (κ2) is 6.85. The number of para-hydroxylation sites is 1. The fourth-order valence-electron chi connectivity index (χ4n) is 1.51. The second-order valence-electron chi connectivity index (χ2n) is 3.71. The molecule has 0 aliphatic carbocycles.